The van der Waals surface area contributed by atoms with Crippen LogP contribution in [0.3, 0.4) is 0 Å². The number of aliphatic hydroxyl groups excluding tert-OH is 2. The number of aliphatic hydroxyl groups is 2. The molecule has 4 N–H and O–H groups in total. The van der Waals surface area contributed by atoms with Crippen molar-refractivity contribution < 1.29 is 18.6 Å². The van der Waals surface area contributed by atoms with E-state index < -0.39 is 33.3 Å². The Kier molecular flexibility index (Phi) is 4.34. The van der Waals surface area contributed by atoms with Crippen molar-refractivity contribution in [3.8, 4) is 0 Å². The highest BCUT2D eigenvalue weighted by Gasteiger charge is 2.49. The fourth-order valence-electron chi connectivity index (χ4n) is 3.61. The Morgan fingerprint density at radius 2 is 1.81 bits per heavy atom. The summed E-state index contributed by atoms with van der Waals surface area (Å²) in [6, 6.07) is 6.77. The third kappa shape index (κ3) is 2.87. The first kappa shape index (κ1) is 18.2. The van der Waals surface area contributed by atoms with Crippen LogP contribution in [-0.4, -0.2) is 50.6 Å². The van der Waals surface area contributed by atoms with Gasteiger partial charge in [0, 0.05) is 11.2 Å². The molecule has 1 saturated carbocycles. The minimum Gasteiger partial charge on any atom is -0.389 e. The summed E-state index contributed by atoms with van der Waals surface area (Å²) in [5.74, 6) is 0.289. The van der Waals surface area contributed by atoms with E-state index in [1.807, 2.05) is 0 Å². The molecular formula is C17H17ClN4O4S. The first-order valence-corrected chi connectivity index (χ1v) is 10.2. The summed E-state index contributed by atoms with van der Waals surface area (Å²) in [7, 11) is -3.86. The molecule has 142 valence electrons. The van der Waals surface area contributed by atoms with Crippen molar-refractivity contribution in [2.45, 2.75) is 34.8 Å². The predicted octanol–water partition coefficient (Wildman–Crippen LogP) is 1.18. The number of anilines is 1. The Labute approximate surface area is 160 Å². The summed E-state index contributed by atoms with van der Waals surface area (Å²) in [5, 5.41) is 20.9. The second kappa shape index (κ2) is 6.45. The predicted molar refractivity (Wildman–Crippen MR) is 100 cm³/mol. The Hall–Kier alpha value is -2.20. The van der Waals surface area contributed by atoms with E-state index in [-0.39, 0.29) is 17.1 Å². The molecule has 1 aliphatic carbocycles. The highest BCUT2D eigenvalue weighted by molar-refractivity contribution is 7.92. The molecule has 4 atom stereocenters. The van der Waals surface area contributed by atoms with Gasteiger partial charge in [-0.25, -0.2) is 18.4 Å². The standard InChI is InChI=1S/C17H17ClN4O4S/c18-9-1-3-10(4-2-9)27(25,26)13-7-12(14(23)15(13)24)22-6-5-11-16(19)20-8-21-17(11)22/h1-6,8,12-15,23-24H,7H2,(H2,19,20,21)/t12-,13+,14+,15-/m1/s1. The lowest BCUT2D eigenvalue weighted by molar-refractivity contribution is 0.0252. The number of sulfone groups is 1. The molecule has 0 unspecified atom stereocenters. The Morgan fingerprint density at radius 3 is 2.52 bits per heavy atom. The number of halogens is 1. The molecule has 1 fully saturated rings. The zero-order valence-electron chi connectivity index (χ0n) is 14.0. The quantitative estimate of drug-likeness (QED) is 0.592. The number of nitrogen functional groups attached to an aromatic ring is 1. The minimum atomic E-state index is -3.86. The van der Waals surface area contributed by atoms with Crippen LogP contribution in [0.15, 0.2) is 47.8 Å². The molecule has 0 radical (unpaired) electrons. The molecule has 27 heavy (non-hydrogen) atoms. The molecule has 0 amide bonds. The molecule has 2 heterocycles. The van der Waals surface area contributed by atoms with Gasteiger partial charge in [-0.3, -0.25) is 0 Å². The average Bonchev–Trinajstić information content (AvgIpc) is 3.19. The molecule has 0 saturated heterocycles. The van der Waals surface area contributed by atoms with Gasteiger partial charge in [0.05, 0.1) is 27.7 Å². The van der Waals surface area contributed by atoms with E-state index in [0.29, 0.717) is 16.1 Å². The molecule has 4 rings (SSSR count). The van der Waals surface area contributed by atoms with Gasteiger partial charge in [0.15, 0.2) is 9.84 Å². The normalized spacial score (nSPS) is 25.9. The van der Waals surface area contributed by atoms with E-state index in [1.54, 1.807) is 16.8 Å². The SMILES string of the molecule is Nc1ncnc2c1ccn2[C@@H]1C[C@H](S(=O)(=O)c2ccc(Cl)cc2)[C@@H](O)[C@H]1O. The minimum absolute atomic E-state index is 0.0288. The van der Waals surface area contributed by atoms with Crippen LogP contribution in [0.5, 0.6) is 0 Å². The number of nitrogens with two attached hydrogens (primary N) is 1. The third-order valence-electron chi connectivity index (χ3n) is 5.04. The number of hydrogen-bond acceptors (Lipinski definition) is 7. The van der Waals surface area contributed by atoms with E-state index in [4.69, 9.17) is 17.3 Å². The lowest BCUT2D eigenvalue weighted by Crippen LogP contribution is -2.35. The molecule has 1 aromatic carbocycles. The maximum Gasteiger partial charge on any atom is 0.183 e. The van der Waals surface area contributed by atoms with Crippen LogP contribution in [0.25, 0.3) is 11.0 Å². The van der Waals surface area contributed by atoms with Crippen LogP contribution in [0.2, 0.25) is 5.02 Å². The second-order valence-electron chi connectivity index (χ2n) is 6.54. The summed E-state index contributed by atoms with van der Waals surface area (Å²) >= 11 is 5.82. The van der Waals surface area contributed by atoms with Crippen LogP contribution < -0.4 is 5.73 Å². The maximum atomic E-state index is 13.0. The molecular weight excluding hydrogens is 392 g/mol. The summed E-state index contributed by atoms with van der Waals surface area (Å²) in [4.78, 5) is 8.14. The lowest BCUT2D eigenvalue weighted by atomic mass is 10.2. The summed E-state index contributed by atoms with van der Waals surface area (Å²) in [5.41, 5.74) is 6.31. The Bertz CT molecular complexity index is 1100. The largest absolute Gasteiger partial charge is 0.389 e. The molecule has 10 heteroatoms. The van der Waals surface area contributed by atoms with Gasteiger partial charge >= 0.3 is 0 Å². The fraction of sp³-hybridized carbons (Fsp3) is 0.294. The van der Waals surface area contributed by atoms with Crippen molar-refractivity contribution in [3.05, 3.63) is 47.9 Å². The van der Waals surface area contributed by atoms with Crippen molar-refractivity contribution in [3.63, 3.8) is 0 Å². The second-order valence-corrected chi connectivity index (χ2v) is 9.14. The zero-order valence-corrected chi connectivity index (χ0v) is 15.5. The number of fused-ring (bicyclic) bond motifs is 1. The van der Waals surface area contributed by atoms with Crippen LogP contribution in [0, 0.1) is 0 Å². The van der Waals surface area contributed by atoms with Gasteiger partial charge in [-0.15, -0.1) is 0 Å². The van der Waals surface area contributed by atoms with Crippen LogP contribution in [0.1, 0.15) is 12.5 Å². The molecule has 0 bridgehead atoms. The fourth-order valence-corrected chi connectivity index (χ4v) is 5.58. The molecule has 2 aromatic heterocycles. The van der Waals surface area contributed by atoms with Gasteiger partial charge in [-0.1, -0.05) is 11.6 Å². The number of rotatable bonds is 3. The number of nitrogens with zero attached hydrogens (tertiary/aromatic N) is 3. The zero-order chi connectivity index (χ0) is 19.3. The van der Waals surface area contributed by atoms with Gasteiger partial charge < -0.3 is 20.5 Å². The topological polar surface area (TPSA) is 131 Å². The highest BCUT2D eigenvalue weighted by Crippen LogP contribution is 2.39. The van der Waals surface area contributed by atoms with Gasteiger partial charge in [0.2, 0.25) is 0 Å². The van der Waals surface area contributed by atoms with Crippen molar-refractivity contribution in [2.24, 2.45) is 0 Å². The summed E-state index contributed by atoms with van der Waals surface area (Å²) in [6.07, 6.45) is 0.277. The van der Waals surface area contributed by atoms with Crippen molar-refractivity contribution in [1.29, 1.82) is 0 Å². The average molecular weight is 409 g/mol. The smallest absolute Gasteiger partial charge is 0.183 e. The highest BCUT2D eigenvalue weighted by atomic mass is 35.5. The molecule has 1 aliphatic rings. The Balaban J connectivity index is 1.72. The van der Waals surface area contributed by atoms with E-state index >= 15 is 0 Å². The van der Waals surface area contributed by atoms with E-state index in [2.05, 4.69) is 9.97 Å². The van der Waals surface area contributed by atoms with Crippen LogP contribution in [0.4, 0.5) is 5.82 Å². The third-order valence-corrected chi connectivity index (χ3v) is 7.49. The number of aromatic nitrogens is 3. The summed E-state index contributed by atoms with van der Waals surface area (Å²) in [6.45, 7) is 0. The van der Waals surface area contributed by atoms with Crippen LogP contribution >= 0.6 is 11.6 Å². The molecule has 0 spiro atoms. The molecule has 3 aromatic rings. The lowest BCUT2D eigenvalue weighted by Gasteiger charge is -2.18. The van der Waals surface area contributed by atoms with Gasteiger partial charge in [0.25, 0.3) is 0 Å². The number of hydrogen-bond donors (Lipinski definition) is 3. The molecule has 0 aliphatic heterocycles. The van der Waals surface area contributed by atoms with E-state index in [0.717, 1.165) is 0 Å². The van der Waals surface area contributed by atoms with Gasteiger partial charge in [-0.05, 0) is 36.8 Å². The van der Waals surface area contributed by atoms with Crippen molar-refractivity contribution in [2.75, 3.05) is 5.73 Å². The summed E-state index contributed by atoms with van der Waals surface area (Å²) < 4.78 is 27.6. The van der Waals surface area contributed by atoms with Crippen LogP contribution in [-0.2, 0) is 9.84 Å². The first-order valence-electron chi connectivity index (χ1n) is 8.23. The van der Waals surface area contributed by atoms with Gasteiger partial charge in [0.1, 0.15) is 23.9 Å². The van der Waals surface area contributed by atoms with Crippen molar-refractivity contribution >= 4 is 38.3 Å². The van der Waals surface area contributed by atoms with Crippen molar-refractivity contribution in [1.82, 2.24) is 14.5 Å². The first-order chi connectivity index (χ1) is 12.8. The maximum absolute atomic E-state index is 13.0. The molecule has 8 nitrogen and oxygen atoms in total. The number of benzene rings is 1. The Morgan fingerprint density at radius 1 is 1.11 bits per heavy atom. The monoisotopic (exact) mass is 408 g/mol. The van der Waals surface area contributed by atoms with E-state index in [1.165, 1.54) is 30.6 Å². The van der Waals surface area contributed by atoms with Gasteiger partial charge in [-0.2, -0.15) is 0 Å². The van der Waals surface area contributed by atoms with E-state index in [9.17, 15) is 18.6 Å².